The summed E-state index contributed by atoms with van der Waals surface area (Å²) in [5, 5.41) is 9.93. The Hall–Kier alpha value is -3.28. The van der Waals surface area contributed by atoms with Crippen molar-refractivity contribution in [3.63, 3.8) is 0 Å². The van der Waals surface area contributed by atoms with Gasteiger partial charge in [0, 0.05) is 18.2 Å². The first-order valence-corrected chi connectivity index (χ1v) is 8.23. The van der Waals surface area contributed by atoms with Crippen LogP contribution in [-0.4, -0.2) is 30.3 Å². The van der Waals surface area contributed by atoms with Crippen LogP contribution in [0.1, 0.15) is 21.6 Å². The zero-order chi connectivity index (χ0) is 18.5. The van der Waals surface area contributed by atoms with Gasteiger partial charge in [0.05, 0.1) is 19.9 Å². The fourth-order valence-corrected chi connectivity index (χ4v) is 2.67. The fourth-order valence-electron chi connectivity index (χ4n) is 2.67. The van der Waals surface area contributed by atoms with E-state index in [4.69, 9.17) is 9.47 Å². The molecule has 0 saturated heterocycles. The van der Waals surface area contributed by atoms with Gasteiger partial charge in [0.25, 0.3) is 5.91 Å². The number of hydrogen-bond donors (Lipinski definition) is 2. The summed E-state index contributed by atoms with van der Waals surface area (Å²) < 4.78 is 10.6. The smallest absolute Gasteiger partial charge is 0.269 e. The van der Waals surface area contributed by atoms with Crippen molar-refractivity contribution in [2.24, 2.45) is 0 Å². The number of nitrogens with zero attached hydrogens (tertiary/aromatic N) is 1. The van der Waals surface area contributed by atoms with E-state index in [9.17, 15) is 4.79 Å². The van der Waals surface area contributed by atoms with Crippen molar-refractivity contribution in [1.82, 2.24) is 15.5 Å². The Labute approximate surface area is 152 Å². The van der Waals surface area contributed by atoms with Gasteiger partial charge in [-0.05, 0) is 36.2 Å². The van der Waals surface area contributed by atoms with Crippen LogP contribution < -0.4 is 14.8 Å². The highest BCUT2D eigenvalue weighted by Gasteiger charge is 2.14. The van der Waals surface area contributed by atoms with Gasteiger partial charge in [-0.15, -0.1) is 0 Å². The van der Waals surface area contributed by atoms with Gasteiger partial charge in [-0.1, -0.05) is 24.3 Å². The number of hydrogen-bond acceptors (Lipinski definition) is 4. The molecular weight excluding hydrogens is 330 g/mol. The molecule has 3 rings (SSSR count). The molecule has 0 aliphatic heterocycles. The Kier molecular flexibility index (Phi) is 5.22. The Bertz CT molecular complexity index is 918. The Morgan fingerprint density at radius 3 is 2.65 bits per heavy atom. The van der Waals surface area contributed by atoms with Crippen LogP contribution in [0.4, 0.5) is 0 Å². The van der Waals surface area contributed by atoms with E-state index >= 15 is 0 Å². The molecule has 6 heteroatoms. The number of aromatic nitrogens is 2. The van der Waals surface area contributed by atoms with E-state index in [-0.39, 0.29) is 5.91 Å². The molecule has 3 aromatic rings. The molecule has 0 unspecified atom stereocenters. The number of methoxy groups -OCH3 is 2. The van der Waals surface area contributed by atoms with Gasteiger partial charge in [-0.2, -0.15) is 5.10 Å². The molecule has 134 valence electrons. The molecule has 0 radical (unpaired) electrons. The summed E-state index contributed by atoms with van der Waals surface area (Å²) in [6.07, 6.45) is 0. The molecule has 0 spiro atoms. The quantitative estimate of drug-likeness (QED) is 0.714. The van der Waals surface area contributed by atoms with E-state index in [0.29, 0.717) is 29.4 Å². The van der Waals surface area contributed by atoms with Crippen molar-refractivity contribution < 1.29 is 14.3 Å². The summed E-state index contributed by atoms with van der Waals surface area (Å²) in [7, 11) is 3.18. The van der Waals surface area contributed by atoms with E-state index in [1.807, 2.05) is 43.3 Å². The molecule has 0 aliphatic carbocycles. The zero-order valence-corrected chi connectivity index (χ0v) is 15.0. The molecule has 1 amide bonds. The van der Waals surface area contributed by atoms with Crippen molar-refractivity contribution >= 4 is 5.91 Å². The predicted molar refractivity (Wildman–Crippen MR) is 99.5 cm³/mol. The van der Waals surface area contributed by atoms with E-state index in [1.165, 1.54) is 0 Å². The number of H-pyrrole nitrogens is 1. The number of ether oxygens (including phenoxy) is 2. The van der Waals surface area contributed by atoms with E-state index in [2.05, 4.69) is 15.5 Å². The number of amides is 1. The van der Waals surface area contributed by atoms with Crippen LogP contribution in [0.25, 0.3) is 11.3 Å². The number of aryl methyl sites for hydroxylation is 1. The third-order valence-electron chi connectivity index (χ3n) is 4.21. The maximum Gasteiger partial charge on any atom is 0.269 e. The molecule has 1 heterocycles. The number of benzene rings is 2. The van der Waals surface area contributed by atoms with E-state index < -0.39 is 0 Å². The molecule has 0 saturated carbocycles. The first-order chi connectivity index (χ1) is 12.6. The monoisotopic (exact) mass is 351 g/mol. The number of carbonyl (C=O) groups is 1. The Balaban J connectivity index is 1.75. The van der Waals surface area contributed by atoms with Crippen molar-refractivity contribution in [3.05, 3.63) is 65.4 Å². The molecule has 1 aromatic heterocycles. The second-order valence-electron chi connectivity index (χ2n) is 5.84. The second-order valence-corrected chi connectivity index (χ2v) is 5.84. The van der Waals surface area contributed by atoms with Gasteiger partial charge < -0.3 is 14.8 Å². The number of nitrogens with one attached hydrogen (secondary N) is 2. The first-order valence-electron chi connectivity index (χ1n) is 8.23. The molecule has 0 fully saturated rings. The maximum atomic E-state index is 12.4. The minimum absolute atomic E-state index is 0.209. The maximum absolute atomic E-state index is 12.4. The largest absolute Gasteiger partial charge is 0.497 e. The minimum atomic E-state index is -0.209. The van der Waals surface area contributed by atoms with Crippen LogP contribution in [0.3, 0.4) is 0 Å². The van der Waals surface area contributed by atoms with E-state index in [1.54, 1.807) is 26.4 Å². The molecule has 6 nitrogen and oxygen atoms in total. The summed E-state index contributed by atoms with van der Waals surface area (Å²) in [5.41, 5.74) is 4.03. The summed E-state index contributed by atoms with van der Waals surface area (Å²) in [5.74, 6) is 1.11. The lowest BCUT2D eigenvalue weighted by molar-refractivity contribution is 0.0946. The van der Waals surface area contributed by atoms with Gasteiger partial charge in [0.2, 0.25) is 0 Å². The molecule has 0 bridgehead atoms. The first kappa shape index (κ1) is 17.5. The topological polar surface area (TPSA) is 76.2 Å². The van der Waals surface area contributed by atoms with Crippen molar-refractivity contribution in [3.8, 4) is 22.8 Å². The van der Waals surface area contributed by atoms with Gasteiger partial charge in [-0.3, -0.25) is 9.89 Å². The highest BCUT2D eigenvalue weighted by Crippen LogP contribution is 2.32. The number of carbonyl (C=O) groups excluding carboxylic acids is 1. The Morgan fingerprint density at radius 2 is 1.92 bits per heavy atom. The summed E-state index contributed by atoms with van der Waals surface area (Å²) in [6, 6.07) is 15.1. The normalized spacial score (nSPS) is 10.4. The molecule has 2 N–H and O–H groups in total. The third kappa shape index (κ3) is 3.69. The van der Waals surface area contributed by atoms with Gasteiger partial charge in [0.1, 0.15) is 17.2 Å². The fraction of sp³-hybridized carbons (Fsp3) is 0.200. The van der Waals surface area contributed by atoms with Crippen LogP contribution in [-0.2, 0) is 6.54 Å². The number of aromatic amines is 1. The van der Waals surface area contributed by atoms with Crippen LogP contribution in [0.5, 0.6) is 11.5 Å². The lowest BCUT2D eigenvalue weighted by Gasteiger charge is -2.08. The third-order valence-corrected chi connectivity index (χ3v) is 4.21. The molecule has 0 atom stereocenters. The van der Waals surface area contributed by atoms with Gasteiger partial charge >= 0.3 is 0 Å². The predicted octanol–water partition coefficient (Wildman–Crippen LogP) is 3.33. The SMILES string of the molecule is COc1ccc(-c2cc(C(=O)NCc3ccccc3C)[nH]n2)c(OC)c1. The lowest BCUT2D eigenvalue weighted by atomic mass is 10.1. The molecule has 0 aliphatic rings. The molecule has 26 heavy (non-hydrogen) atoms. The minimum Gasteiger partial charge on any atom is -0.497 e. The standard InChI is InChI=1S/C20H21N3O3/c1-13-6-4-5-7-14(13)12-21-20(24)18-11-17(22-23-18)16-9-8-15(25-2)10-19(16)26-3/h4-11H,12H2,1-3H3,(H,21,24)(H,22,23). The van der Waals surface area contributed by atoms with Crippen LogP contribution >= 0.6 is 0 Å². The summed E-state index contributed by atoms with van der Waals surface area (Å²) in [6.45, 7) is 2.48. The molecule has 2 aromatic carbocycles. The van der Waals surface area contributed by atoms with Crippen molar-refractivity contribution in [2.75, 3.05) is 14.2 Å². The van der Waals surface area contributed by atoms with Crippen molar-refractivity contribution in [2.45, 2.75) is 13.5 Å². The van der Waals surface area contributed by atoms with Gasteiger partial charge in [0.15, 0.2) is 0 Å². The van der Waals surface area contributed by atoms with Crippen molar-refractivity contribution in [1.29, 1.82) is 0 Å². The van der Waals surface area contributed by atoms with Crippen LogP contribution in [0, 0.1) is 6.92 Å². The van der Waals surface area contributed by atoms with Crippen LogP contribution in [0.2, 0.25) is 0 Å². The van der Waals surface area contributed by atoms with Crippen LogP contribution in [0.15, 0.2) is 48.5 Å². The zero-order valence-electron chi connectivity index (χ0n) is 15.0. The average molecular weight is 351 g/mol. The summed E-state index contributed by atoms with van der Waals surface area (Å²) >= 11 is 0. The highest BCUT2D eigenvalue weighted by molar-refractivity contribution is 5.93. The van der Waals surface area contributed by atoms with E-state index in [0.717, 1.165) is 16.7 Å². The van der Waals surface area contributed by atoms with Gasteiger partial charge in [-0.25, -0.2) is 0 Å². The second kappa shape index (κ2) is 7.74. The summed E-state index contributed by atoms with van der Waals surface area (Å²) in [4.78, 5) is 12.4. The average Bonchev–Trinajstić information content (AvgIpc) is 3.16. The lowest BCUT2D eigenvalue weighted by Crippen LogP contribution is -2.23. The Morgan fingerprint density at radius 1 is 1.12 bits per heavy atom. The number of rotatable bonds is 6. The molecular formula is C20H21N3O3. The highest BCUT2D eigenvalue weighted by atomic mass is 16.5.